The maximum Gasteiger partial charge on any atom is 0.301 e. The van der Waals surface area contributed by atoms with E-state index in [1.807, 2.05) is 56.3 Å². The standard InChI is InChI=1S/C25H22N8O2.C5H14NO/c1-14-10-11-19(12-15(14)2)33-25(35)22(16(3)30-33)27-26-21-9-5-8-20(23(21)34)17-6-4-7-18(13-17)24-28-31-32-29-24;1-6(2,3)4-5-7/h4-13H,1-3H3,(H3,26,27,28,29,30,31,32,34,35);7H,4-5H2,1-3H3/q;+1/p-1. The number of quaternary nitrogens is 1. The second-order valence-corrected chi connectivity index (χ2v) is 10.9. The second-order valence-electron chi connectivity index (χ2n) is 10.9. The van der Waals surface area contributed by atoms with E-state index in [2.05, 4.69) is 57.4 Å². The lowest BCUT2D eigenvalue weighted by Crippen LogP contribution is -2.36. The van der Waals surface area contributed by atoms with Crippen LogP contribution < -0.4 is 15.5 Å². The summed E-state index contributed by atoms with van der Waals surface area (Å²) in [4.78, 5) is 13.0. The van der Waals surface area contributed by atoms with Crippen molar-refractivity contribution in [2.45, 2.75) is 20.8 Å². The van der Waals surface area contributed by atoms with Crippen LogP contribution in [0.5, 0.6) is 5.75 Å². The number of benzene rings is 3. The number of hydrogen-bond acceptors (Lipinski definition) is 9. The number of rotatable bonds is 7. The van der Waals surface area contributed by atoms with Crippen molar-refractivity contribution in [2.75, 3.05) is 44.7 Å². The van der Waals surface area contributed by atoms with E-state index in [9.17, 15) is 9.90 Å². The molecule has 1 aromatic heterocycles. The molecule has 3 aromatic carbocycles. The minimum Gasteiger partial charge on any atom is -0.505 e. The maximum atomic E-state index is 13.0. The number of aliphatic hydroxyl groups excluding tert-OH is 1. The highest BCUT2D eigenvalue weighted by Crippen LogP contribution is 2.36. The molecule has 1 aliphatic heterocycles. The third-order valence-electron chi connectivity index (χ3n) is 6.57. The fourth-order valence-electron chi connectivity index (χ4n) is 4.03. The van der Waals surface area contributed by atoms with Crippen molar-refractivity contribution >= 4 is 28.7 Å². The number of amides is 1. The minimum atomic E-state index is -0.349. The summed E-state index contributed by atoms with van der Waals surface area (Å²) in [6.45, 7) is 6.83. The lowest BCUT2D eigenvalue weighted by atomic mass is 10.0. The van der Waals surface area contributed by atoms with Crippen LogP contribution in [0.4, 0.5) is 11.4 Å². The smallest absolute Gasteiger partial charge is 0.301 e. The number of hydrazone groups is 2. The molecule has 2 heterocycles. The summed E-state index contributed by atoms with van der Waals surface area (Å²) < 4.78 is 0.844. The number of carbonyl (C=O) groups is 1. The molecule has 4 aromatic rings. The van der Waals surface area contributed by atoms with Gasteiger partial charge in [-0.2, -0.15) is 20.4 Å². The van der Waals surface area contributed by atoms with E-state index in [-0.39, 0.29) is 24.0 Å². The quantitative estimate of drug-likeness (QED) is 0.174. The van der Waals surface area contributed by atoms with Crippen molar-refractivity contribution in [3.63, 3.8) is 0 Å². The van der Waals surface area contributed by atoms with Crippen molar-refractivity contribution in [1.29, 1.82) is 0 Å². The molecule has 1 amide bonds. The van der Waals surface area contributed by atoms with E-state index in [0.717, 1.165) is 33.3 Å². The van der Waals surface area contributed by atoms with Gasteiger partial charge in [-0.15, -0.1) is 0 Å². The van der Waals surface area contributed by atoms with Gasteiger partial charge in [0.15, 0.2) is 5.71 Å². The molecule has 0 saturated heterocycles. The molecule has 12 nitrogen and oxygen atoms in total. The Morgan fingerprint density at radius 3 is 2.36 bits per heavy atom. The predicted octanol–water partition coefficient (Wildman–Crippen LogP) is 3.36. The van der Waals surface area contributed by atoms with E-state index in [1.54, 1.807) is 25.1 Å². The fourth-order valence-corrected chi connectivity index (χ4v) is 4.03. The lowest BCUT2D eigenvalue weighted by Gasteiger charge is -2.21. The van der Waals surface area contributed by atoms with Crippen LogP contribution in [0.25, 0.3) is 22.5 Å². The largest absolute Gasteiger partial charge is 0.505 e. The topological polar surface area (TPSA) is 150 Å². The van der Waals surface area contributed by atoms with Gasteiger partial charge in [-0.1, -0.05) is 36.4 Å². The van der Waals surface area contributed by atoms with Crippen LogP contribution in [0.1, 0.15) is 18.1 Å². The zero-order valence-electron chi connectivity index (χ0n) is 24.6. The van der Waals surface area contributed by atoms with E-state index >= 15 is 0 Å². The number of aromatic nitrogens is 4. The molecule has 0 fully saturated rings. The number of phenols is 1. The van der Waals surface area contributed by atoms with Gasteiger partial charge in [0, 0.05) is 11.4 Å². The molecule has 12 heteroatoms. The number of anilines is 2. The Morgan fingerprint density at radius 2 is 1.71 bits per heavy atom. The molecule has 0 bridgehead atoms. The van der Waals surface area contributed by atoms with Crippen molar-refractivity contribution in [1.82, 2.24) is 20.6 Å². The normalized spacial score (nSPS) is 14.1. The molecule has 42 heavy (non-hydrogen) atoms. The van der Waals surface area contributed by atoms with Gasteiger partial charge < -0.3 is 19.8 Å². The van der Waals surface area contributed by atoms with Crippen molar-refractivity contribution in [3.05, 3.63) is 71.8 Å². The zero-order chi connectivity index (χ0) is 30.4. The van der Waals surface area contributed by atoms with Crippen LogP contribution in [-0.4, -0.2) is 81.8 Å². The van der Waals surface area contributed by atoms with E-state index in [0.29, 0.717) is 28.5 Å². The van der Waals surface area contributed by atoms with Crippen LogP contribution in [0.15, 0.2) is 70.9 Å². The molecule has 5 rings (SSSR count). The predicted molar refractivity (Wildman–Crippen MR) is 163 cm³/mol. The maximum absolute atomic E-state index is 13.0. The van der Waals surface area contributed by atoms with Crippen LogP contribution in [0, 0.1) is 13.8 Å². The highest BCUT2D eigenvalue weighted by atomic mass is 16.3. The molecule has 3 N–H and O–H groups in total. The van der Waals surface area contributed by atoms with Gasteiger partial charge in [0.05, 0.1) is 44.8 Å². The number of aliphatic hydroxyl groups is 1. The molecule has 0 aliphatic carbocycles. The first kappa shape index (κ1) is 30.0. The van der Waals surface area contributed by atoms with Gasteiger partial charge in [0.25, 0.3) is 0 Å². The molecule has 0 saturated carbocycles. The number of phenolic OH excluding ortho intramolecular Hbond substituents is 1. The number of likely N-dealkylation sites (N-methyl/N-ethyl adjacent to an activating group) is 1. The second kappa shape index (κ2) is 12.7. The summed E-state index contributed by atoms with van der Waals surface area (Å²) in [6, 6.07) is 18.3. The van der Waals surface area contributed by atoms with Crippen molar-refractivity contribution in [2.24, 2.45) is 10.2 Å². The molecule has 218 valence electrons. The van der Waals surface area contributed by atoms with E-state index in [1.165, 1.54) is 5.01 Å². The fraction of sp³-hybridized carbons (Fsp3) is 0.267. The van der Waals surface area contributed by atoms with Gasteiger partial charge in [0.2, 0.25) is 0 Å². The van der Waals surface area contributed by atoms with Gasteiger partial charge in [0.1, 0.15) is 12.3 Å². The van der Waals surface area contributed by atoms with Crippen molar-refractivity contribution < 1.29 is 19.5 Å². The van der Waals surface area contributed by atoms with Gasteiger partial charge in [-0.25, -0.2) is 0 Å². The highest BCUT2D eigenvalue weighted by Gasteiger charge is 2.31. The molecule has 0 radical (unpaired) electrons. The monoisotopic (exact) mass is 569 g/mol. The third kappa shape index (κ3) is 7.03. The van der Waals surface area contributed by atoms with E-state index in [4.69, 9.17) is 5.11 Å². The number of carbonyl (C=O) groups excluding carboxylic acids is 1. The first-order valence-electron chi connectivity index (χ1n) is 13.3. The average Bonchev–Trinajstić information content (AvgIpc) is 3.58. The number of tetrazole rings is 1. The minimum absolute atomic E-state index is 0.0141. The Balaban J connectivity index is 0.000000517. The Labute approximate surface area is 244 Å². The first-order valence-corrected chi connectivity index (χ1v) is 13.3. The number of hydrogen-bond donors (Lipinski definition) is 3. The number of nitrogens with one attached hydrogen (secondary N) is 1. The van der Waals surface area contributed by atoms with Gasteiger partial charge in [-0.05, 0) is 67.3 Å². The Bertz CT molecular complexity index is 1620. The highest BCUT2D eigenvalue weighted by molar-refractivity contribution is 6.71. The van der Waals surface area contributed by atoms with Gasteiger partial charge in [-0.3, -0.25) is 20.5 Å². The summed E-state index contributed by atoms with van der Waals surface area (Å²) >= 11 is 0. The average molecular weight is 570 g/mol. The van der Waals surface area contributed by atoms with Crippen molar-refractivity contribution in [3.8, 4) is 28.3 Å². The number of aryl methyl sites for hydroxylation is 2. The Kier molecular flexibility index (Phi) is 9.09. The van der Waals surface area contributed by atoms with Crippen LogP contribution in [0.3, 0.4) is 0 Å². The molecule has 0 spiro atoms. The van der Waals surface area contributed by atoms with Crippen LogP contribution >= 0.6 is 0 Å². The van der Waals surface area contributed by atoms with Gasteiger partial charge >= 0.3 is 5.91 Å². The summed E-state index contributed by atoms with van der Waals surface area (Å²) in [6.07, 6.45) is 0. The summed E-state index contributed by atoms with van der Waals surface area (Å²) in [5.41, 5.74) is 8.73. The molecule has 1 aliphatic rings. The molecular weight excluding hydrogens is 534 g/mol. The Morgan fingerprint density at radius 1 is 0.976 bits per heavy atom. The third-order valence-corrected chi connectivity index (χ3v) is 6.57. The summed E-state index contributed by atoms with van der Waals surface area (Å²) in [5.74, 6) is 0.0353. The first-order chi connectivity index (χ1) is 20.0. The van der Waals surface area contributed by atoms with Crippen LogP contribution in [0.2, 0.25) is 0 Å². The number of para-hydroxylation sites is 1. The van der Waals surface area contributed by atoms with E-state index < -0.39 is 0 Å². The molecule has 0 atom stereocenters. The SMILES string of the molecule is CC1=NN(c2ccc(C)c(C)c2)C(=O)/C1=N\Nc1cccc(-c2cccc(-c3nnn[n-]3)c2)c1O.C[N+](C)(C)CCO. The summed E-state index contributed by atoms with van der Waals surface area (Å²) in [5, 5.41) is 44.1. The lowest BCUT2D eigenvalue weighted by molar-refractivity contribution is -0.870. The zero-order valence-corrected chi connectivity index (χ0v) is 24.6. The Hall–Kier alpha value is -4.94. The van der Waals surface area contributed by atoms with Crippen LogP contribution in [-0.2, 0) is 4.79 Å². The molecular formula is C30H35N9O3. The summed E-state index contributed by atoms with van der Waals surface area (Å²) in [7, 11) is 6.16. The number of aromatic hydroxyl groups is 1. The number of nitrogens with zero attached hydrogens (tertiary/aromatic N) is 8. The molecule has 0 unspecified atom stereocenters.